The maximum atomic E-state index is 12.1. The second-order valence-electron chi connectivity index (χ2n) is 4.74. The van der Waals surface area contributed by atoms with E-state index in [0.29, 0.717) is 16.6 Å². The largest absolute Gasteiger partial charge is 0.443 e. The fourth-order valence-electron chi connectivity index (χ4n) is 2.09. The summed E-state index contributed by atoms with van der Waals surface area (Å²) < 4.78 is 5.00. The summed E-state index contributed by atoms with van der Waals surface area (Å²) in [5.41, 5.74) is 6.39. The lowest BCUT2D eigenvalue weighted by Gasteiger charge is -2.09. The minimum absolute atomic E-state index is 0.125. The Kier molecular flexibility index (Phi) is 4.19. The molecular weight excluding hydrogens is 296 g/mol. The number of aromatic amines is 1. The van der Waals surface area contributed by atoms with Gasteiger partial charge in [0.05, 0.1) is 5.56 Å². The smallest absolute Gasteiger partial charge is 0.426 e. The molecule has 116 valence electrons. The normalized spacial score (nSPS) is 10.3. The van der Waals surface area contributed by atoms with Gasteiger partial charge in [0.2, 0.25) is 0 Å². The van der Waals surface area contributed by atoms with Crippen molar-refractivity contribution in [3.63, 3.8) is 0 Å². The number of amides is 2. The van der Waals surface area contributed by atoms with Crippen molar-refractivity contribution >= 4 is 23.0 Å². The average molecular weight is 310 g/mol. The maximum absolute atomic E-state index is 12.1. The monoisotopic (exact) mass is 310 g/mol. The summed E-state index contributed by atoms with van der Waals surface area (Å²) in [7, 11) is 0. The van der Waals surface area contributed by atoms with Crippen molar-refractivity contribution < 1.29 is 14.3 Å². The number of hydrogen-bond acceptors (Lipinski definition) is 4. The van der Waals surface area contributed by atoms with E-state index in [2.05, 4.69) is 20.8 Å². The van der Waals surface area contributed by atoms with Crippen molar-refractivity contribution in [1.29, 1.82) is 0 Å². The van der Waals surface area contributed by atoms with Crippen LogP contribution in [-0.4, -0.2) is 22.0 Å². The van der Waals surface area contributed by atoms with Crippen LogP contribution in [0, 0.1) is 0 Å². The van der Waals surface area contributed by atoms with E-state index in [1.807, 2.05) is 30.3 Å². The molecule has 0 aliphatic heterocycles. The number of ether oxygens (including phenoxy) is 1. The third-order valence-electron chi connectivity index (χ3n) is 3.20. The number of benzene rings is 1. The standard InChI is InChI=1S/C16H14N4O3/c21-15(13-7-9-18-14-12(13)6-8-17-14)19-20-16(22)23-10-11-4-2-1-3-5-11/h1-9H,10H2,(H,17,18)(H,19,21)(H,20,22). The van der Waals surface area contributed by atoms with Crippen molar-refractivity contribution in [3.8, 4) is 0 Å². The quantitative estimate of drug-likeness (QED) is 0.646. The van der Waals surface area contributed by atoms with Gasteiger partial charge in [-0.15, -0.1) is 0 Å². The Morgan fingerprint density at radius 2 is 1.91 bits per heavy atom. The van der Waals surface area contributed by atoms with E-state index < -0.39 is 12.0 Å². The molecule has 0 saturated heterocycles. The summed E-state index contributed by atoms with van der Waals surface area (Å²) in [5.74, 6) is -0.450. The van der Waals surface area contributed by atoms with Crippen LogP contribution in [0.5, 0.6) is 0 Å². The van der Waals surface area contributed by atoms with Crippen LogP contribution in [0.25, 0.3) is 11.0 Å². The molecule has 3 N–H and O–H groups in total. The summed E-state index contributed by atoms with van der Waals surface area (Å²) in [4.78, 5) is 30.7. The fourth-order valence-corrected chi connectivity index (χ4v) is 2.09. The fraction of sp³-hybridized carbons (Fsp3) is 0.0625. The zero-order valence-electron chi connectivity index (χ0n) is 12.1. The highest BCUT2D eigenvalue weighted by Gasteiger charge is 2.12. The van der Waals surface area contributed by atoms with Crippen LogP contribution in [0.4, 0.5) is 4.79 Å². The van der Waals surface area contributed by atoms with Gasteiger partial charge in [-0.2, -0.15) is 0 Å². The number of fused-ring (bicyclic) bond motifs is 1. The van der Waals surface area contributed by atoms with Crippen LogP contribution >= 0.6 is 0 Å². The number of carbonyl (C=O) groups excluding carboxylic acids is 2. The van der Waals surface area contributed by atoms with Crippen molar-refractivity contribution in [2.75, 3.05) is 0 Å². The van der Waals surface area contributed by atoms with E-state index in [-0.39, 0.29) is 6.61 Å². The van der Waals surface area contributed by atoms with Gasteiger partial charge in [0.25, 0.3) is 5.91 Å². The third kappa shape index (κ3) is 3.46. The van der Waals surface area contributed by atoms with E-state index in [4.69, 9.17) is 4.74 Å². The molecule has 0 unspecified atom stereocenters. The molecule has 0 spiro atoms. The van der Waals surface area contributed by atoms with Gasteiger partial charge in [0, 0.05) is 17.8 Å². The molecule has 0 bridgehead atoms. The number of rotatable bonds is 3. The lowest BCUT2D eigenvalue weighted by molar-refractivity contribution is 0.0906. The first-order chi connectivity index (χ1) is 11.2. The van der Waals surface area contributed by atoms with E-state index in [9.17, 15) is 9.59 Å². The van der Waals surface area contributed by atoms with Crippen LogP contribution in [0.1, 0.15) is 15.9 Å². The van der Waals surface area contributed by atoms with Crippen LogP contribution < -0.4 is 10.9 Å². The highest BCUT2D eigenvalue weighted by molar-refractivity contribution is 6.05. The number of pyridine rings is 1. The van der Waals surface area contributed by atoms with Crippen LogP contribution in [-0.2, 0) is 11.3 Å². The van der Waals surface area contributed by atoms with E-state index in [1.165, 1.54) is 6.20 Å². The number of H-pyrrole nitrogens is 1. The van der Waals surface area contributed by atoms with E-state index in [0.717, 1.165) is 5.56 Å². The Morgan fingerprint density at radius 1 is 1.09 bits per heavy atom. The van der Waals surface area contributed by atoms with Crippen molar-refractivity contribution in [2.45, 2.75) is 6.61 Å². The molecule has 0 saturated carbocycles. The van der Waals surface area contributed by atoms with Crippen LogP contribution in [0.2, 0.25) is 0 Å². The predicted molar refractivity (Wildman–Crippen MR) is 83.3 cm³/mol. The van der Waals surface area contributed by atoms with Gasteiger partial charge in [-0.1, -0.05) is 30.3 Å². The Bertz CT molecular complexity index is 829. The molecule has 0 atom stereocenters. The van der Waals surface area contributed by atoms with Gasteiger partial charge in [-0.25, -0.2) is 15.2 Å². The lowest BCUT2D eigenvalue weighted by atomic mass is 10.2. The summed E-state index contributed by atoms with van der Waals surface area (Å²) in [6.07, 6.45) is 2.47. The minimum Gasteiger partial charge on any atom is -0.443 e. The van der Waals surface area contributed by atoms with Crippen LogP contribution in [0.15, 0.2) is 54.9 Å². The van der Waals surface area contributed by atoms with Crippen LogP contribution in [0.3, 0.4) is 0 Å². The van der Waals surface area contributed by atoms with Gasteiger partial charge in [0.1, 0.15) is 12.3 Å². The number of aromatic nitrogens is 2. The number of nitrogens with zero attached hydrogens (tertiary/aromatic N) is 1. The Hall–Kier alpha value is -3.35. The Labute approximate surface area is 131 Å². The molecule has 3 aromatic rings. The Morgan fingerprint density at radius 3 is 2.74 bits per heavy atom. The molecule has 2 aromatic heterocycles. The molecule has 23 heavy (non-hydrogen) atoms. The highest BCUT2D eigenvalue weighted by Crippen LogP contribution is 2.14. The van der Waals surface area contributed by atoms with E-state index in [1.54, 1.807) is 18.3 Å². The molecular formula is C16H14N4O3. The predicted octanol–water partition coefficient (Wildman–Crippen LogP) is 2.13. The molecule has 7 heteroatoms. The number of carbonyl (C=O) groups is 2. The lowest BCUT2D eigenvalue weighted by Crippen LogP contribution is -2.41. The zero-order chi connectivity index (χ0) is 16.1. The van der Waals surface area contributed by atoms with Crippen molar-refractivity contribution in [2.24, 2.45) is 0 Å². The average Bonchev–Trinajstić information content (AvgIpc) is 3.07. The molecule has 7 nitrogen and oxygen atoms in total. The molecule has 0 radical (unpaired) electrons. The zero-order valence-corrected chi connectivity index (χ0v) is 12.1. The maximum Gasteiger partial charge on any atom is 0.426 e. The van der Waals surface area contributed by atoms with Crippen molar-refractivity contribution in [3.05, 3.63) is 66.0 Å². The van der Waals surface area contributed by atoms with Gasteiger partial charge in [0.15, 0.2) is 0 Å². The summed E-state index contributed by atoms with van der Waals surface area (Å²) in [5, 5.41) is 0.671. The second kappa shape index (κ2) is 6.61. The SMILES string of the molecule is O=C(NNC(=O)c1ccnc2[nH]ccc12)OCc1ccccc1. The molecule has 2 heterocycles. The first kappa shape index (κ1) is 14.6. The molecule has 0 fully saturated rings. The molecule has 0 aliphatic rings. The molecule has 0 aliphatic carbocycles. The van der Waals surface area contributed by atoms with Gasteiger partial charge in [-0.05, 0) is 17.7 Å². The van der Waals surface area contributed by atoms with Crippen molar-refractivity contribution in [1.82, 2.24) is 20.8 Å². The second-order valence-corrected chi connectivity index (χ2v) is 4.74. The van der Waals surface area contributed by atoms with E-state index >= 15 is 0 Å². The minimum atomic E-state index is -0.735. The molecule has 3 rings (SSSR count). The van der Waals surface area contributed by atoms with Gasteiger partial charge >= 0.3 is 6.09 Å². The van der Waals surface area contributed by atoms with Gasteiger partial charge < -0.3 is 9.72 Å². The number of hydrogen-bond donors (Lipinski definition) is 3. The first-order valence-electron chi connectivity index (χ1n) is 6.93. The summed E-state index contributed by atoms with van der Waals surface area (Å²) >= 11 is 0. The number of hydrazine groups is 1. The molecule has 1 aromatic carbocycles. The molecule has 2 amide bonds. The third-order valence-corrected chi connectivity index (χ3v) is 3.20. The number of nitrogens with one attached hydrogen (secondary N) is 3. The summed E-state index contributed by atoms with van der Waals surface area (Å²) in [6, 6.07) is 12.6. The topological polar surface area (TPSA) is 96.1 Å². The van der Waals surface area contributed by atoms with Gasteiger partial charge in [-0.3, -0.25) is 10.2 Å². The summed E-state index contributed by atoms with van der Waals surface area (Å²) in [6.45, 7) is 0.125. The first-order valence-corrected chi connectivity index (χ1v) is 6.93. The highest BCUT2D eigenvalue weighted by atomic mass is 16.6. The Balaban J connectivity index is 1.54.